The highest BCUT2D eigenvalue weighted by Gasteiger charge is 2.11. The van der Waals surface area contributed by atoms with Crippen molar-refractivity contribution < 1.29 is 14.7 Å². The number of hydrogen-bond donors (Lipinski definition) is 2. The third-order valence-electron chi connectivity index (χ3n) is 2.78. The molecule has 0 saturated heterocycles. The molecule has 0 aliphatic carbocycles. The van der Waals surface area contributed by atoms with Crippen LogP contribution in [0, 0.1) is 6.92 Å². The highest BCUT2D eigenvalue weighted by Crippen LogP contribution is 2.08. The van der Waals surface area contributed by atoms with Crippen LogP contribution in [0.5, 0.6) is 0 Å². The summed E-state index contributed by atoms with van der Waals surface area (Å²) in [4.78, 5) is 22.2. The Kier molecular flexibility index (Phi) is 5.54. The maximum absolute atomic E-state index is 11.9. The van der Waals surface area contributed by atoms with Gasteiger partial charge in [0, 0.05) is 12.3 Å². The predicted octanol–water partition coefficient (Wildman–Crippen LogP) is 1.12. The third kappa shape index (κ3) is 4.59. The zero-order valence-corrected chi connectivity index (χ0v) is 12.8. The van der Waals surface area contributed by atoms with Crippen molar-refractivity contribution in [2.45, 2.75) is 6.92 Å². The number of nitrogens with one attached hydrogen (secondary N) is 1. The lowest BCUT2D eigenvalue weighted by Crippen LogP contribution is -2.26. The molecule has 22 heavy (non-hydrogen) atoms. The van der Waals surface area contributed by atoms with Gasteiger partial charge in [0.05, 0.1) is 17.6 Å². The molecular formula is C14H16N4O3S. The molecule has 116 valence electrons. The first-order chi connectivity index (χ1) is 10.6. The fourth-order valence-corrected chi connectivity index (χ4v) is 2.24. The summed E-state index contributed by atoms with van der Waals surface area (Å²) in [7, 11) is 0. The van der Waals surface area contributed by atoms with Crippen LogP contribution in [0.2, 0.25) is 0 Å². The fourth-order valence-electron chi connectivity index (χ4n) is 1.68. The first kappa shape index (κ1) is 16.0. The molecule has 0 aliphatic rings. The quantitative estimate of drug-likeness (QED) is 0.742. The number of aromatic nitrogens is 3. The van der Waals surface area contributed by atoms with Crippen molar-refractivity contribution in [3.8, 4) is 5.69 Å². The lowest BCUT2D eigenvalue weighted by Gasteiger charge is -2.01. The van der Waals surface area contributed by atoms with Gasteiger partial charge in [-0.1, -0.05) is 22.9 Å². The SMILES string of the molecule is Cc1ccc(-n2cc(C(=O)NCCSCC(=O)O)nn2)cc1. The monoisotopic (exact) mass is 320 g/mol. The van der Waals surface area contributed by atoms with E-state index in [0.29, 0.717) is 12.3 Å². The largest absolute Gasteiger partial charge is 0.481 e. The number of nitrogens with zero attached hydrogens (tertiary/aromatic N) is 3. The number of benzene rings is 1. The van der Waals surface area contributed by atoms with Gasteiger partial charge < -0.3 is 10.4 Å². The van der Waals surface area contributed by atoms with Crippen molar-refractivity contribution in [3.05, 3.63) is 41.7 Å². The van der Waals surface area contributed by atoms with Crippen molar-refractivity contribution in [1.29, 1.82) is 0 Å². The highest BCUT2D eigenvalue weighted by molar-refractivity contribution is 7.99. The molecule has 8 heteroatoms. The number of amides is 1. The predicted molar refractivity (Wildman–Crippen MR) is 83.4 cm³/mol. The zero-order valence-electron chi connectivity index (χ0n) is 12.0. The molecule has 0 saturated carbocycles. The average molecular weight is 320 g/mol. The number of carbonyl (C=O) groups excluding carboxylic acids is 1. The molecule has 1 amide bonds. The van der Waals surface area contributed by atoms with Crippen LogP contribution in [-0.4, -0.2) is 50.0 Å². The number of aliphatic carboxylic acids is 1. The molecule has 2 aromatic rings. The number of aryl methyl sites for hydroxylation is 1. The first-order valence-electron chi connectivity index (χ1n) is 6.63. The molecule has 1 aromatic carbocycles. The van der Waals surface area contributed by atoms with Crippen molar-refractivity contribution in [1.82, 2.24) is 20.3 Å². The van der Waals surface area contributed by atoms with Crippen molar-refractivity contribution in [3.63, 3.8) is 0 Å². The van der Waals surface area contributed by atoms with E-state index in [1.165, 1.54) is 16.4 Å². The standard InChI is InChI=1S/C14H16N4O3S/c1-10-2-4-11(5-3-10)18-8-12(16-17-18)14(21)15-6-7-22-9-13(19)20/h2-5,8H,6-7,9H2,1H3,(H,15,21)(H,19,20). The molecule has 0 spiro atoms. The number of hydrogen-bond acceptors (Lipinski definition) is 5. The van der Waals surface area contributed by atoms with Gasteiger partial charge in [0.15, 0.2) is 5.69 Å². The molecule has 2 N–H and O–H groups in total. The topological polar surface area (TPSA) is 97.1 Å². The van der Waals surface area contributed by atoms with Gasteiger partial charge in [-0.3, -0.25) is 9.59 Å². The minimum atomic E-state index is -0.864. The molecule has 0 aliphatic heterocycles. The van der Waals surface area contributed by atoms with Crippen molar-refractivity contribution >= 4 is 23.6 Å². The fraction of sp³-hybridized carbons (Fsp3) is 0.286. The lowest BCUT2D eigenvalue weighted by atomic mass is 10.2. The second kappa shape index (κ2) is 7.60. The van der Waals surface area contributed by atoms with Crippen molar-refractivity contribution in [2.24, 2.45) is 0 Å². The van der Waals surface area contributed by atoms with E-state index in [2.05, 4.69) is 15.6 Å². The lowest BCUT2D eigenvalue weighted by molar-refractivity contribution is -0.133. The third-order valence-corrected chi connectivity index (χ3v) is 3.73. The number of thioether (sulfide) groups is 1. The Morgan fingerprint density at radius 3 is 2.73 bits per heavy atom. The van der Waals surface area contributed by atoms with Gasteiger partial charge in [-0.2, -0.15) is 0 Å². The molecular weight excluding hydrogens is 304 g/mol. The van der Waals surface area contributed by atoms with Gasteiger partial charge in [-0.15, -0.1) is 16.9 Å². The molecule has 0 atom stereocenters. The van der Waals surface area contributed by atoms with Crippen LogP contribution in [0.15, 0.2) is 30.5 Å². The van der Waals surface area contributed by atoms with E-state index in [1.807, 2.05) is 31.2 Å². The van der Waals surface area contributed by atoms with Crippen LogP contribution in [0.4, 0.5) is 0 Å². The van der Waals surface area contributed by atoms with Gasteiger partial charge in [0.25, 0.3) is 5.91 Å². The summed E-state index contributed by atoms with van der Waals surface area (Å²) in [6.45, 7) is 2.38. The maximum Gasteiger partial charge on any atom is 0.313 e. The Bertz CT molecular complexity index is 654. The van der Waals surface area contributed by atoms with E-state index in [-0.39, 0.29) is 17.4 Å². The molecule has 0 bridgehead atoms. The summed E-state index contributed by atoms with van der Waals surface area (Å²) in [5.74, 6) is -0.629. The normalized spacial score (nSPS) is 10.4. The summed E-state index contributed by atoms with van der Waals surface area (Å²) in [5, 5.41) is 18.9. The van der Waals surface area contributed by atoms with E-state index < -0.39 is 5.97 Å². The molecule has 0 radical (unpaired) electrons. The van der Waals surface area contributed by atoms with E-state index in [1.54, 1.807) is 6.20 Å². The Morgan fingerprint density at radius 1 is 1.32 bits per heavy atom. The molecule has 0 unspecified atom stereocenters. The van der Waals surface area contributed by atoms with E-state index in [4.69, 9.17) is 5.11 Å². The number of carbonyl (C=O) groups is 2. The van der Waals surface area contributed by atoms with Gasteiger partial charge in [-0.05, 0) is 19.1 Å². The van der Waals surface area contributed by atoms with Gasteiger partial charge >= 0.3 is 5.97 Å². The summed E-state index contributed by atoms with van der Waals surface area (Å²) < 4.78 is 1.54. The van der Waals surface area contributed by atoms with Crippen LogP contribution in [0.1, 0.15) is 16.1 Å². The van der Waals surface area contributed by atoms with E-state index in [0.717, 1.165) is 11.3 Å². The summed E-state index contributed by atoms with van der Waals surface area (Å²) in [5.41, 5.74) is 2.19. The highest BCUT2D eigenvalue weighted by atomic mass is 32.2. The van der Waals surface area contributed by atoms with Gasteiger partial charge in [-0.25, -0.2) is 4.68 Å². The van der Waals surface area contributed by atoms with E-state index in [9.17, 15) is 9.59 Å². The Balaban J connectivity index is 1.86. The Labute approximate surface area is 131 Å². The van der Waals surface area contributed by atoms with Crippen LogP contribution in [0.25, 0.3) is 5.69 Å². The van der Waals surface area contributed by atoms with E-state index >= 15 is 0 Å². The Morgan fingerprint density at radius 2 is 2.05 bits per heavy atom. The smallest absolute Gasteiger partial charge is 0.313 e. The maximum atomic E-state index is 11.9. The Hall–Kier alpha value is -2.35. The minimum Gasteiger partial charge on any atom is -0.481 e. The summed E-state index contributed by atoms with van der Waals surface area (Å²) in [6, 6.07) is 7.70. The first-order valence-corrected chi connectivity index (χ1v) is 7.79. The number of carboxylic acids is 1. The molecule has 0 fully saturated rings. The molecule has 1 aromatic heterocycles. The van der Waals surface area contributed by atoms with Gasteiger partial charge in [0.1, 0.15) is 0 Å². The van der Waals surface area contributed by atoms with Crippen LogP contribution in [0.3, 0.4) is 0 Å². The van der Waals surface area contributed by atoms with Crippen LogP contribution >= 0.6 is 11.8 Å². The summed E-state index contributed by atoms with van der Waals surface area (Å²) in [6.07, 6.45) is 1.56. The molecule has 7 nitrogen and oxygen atoms in total. The minimum absolute atomic E-state index is 0.0273. The number of rotatable bonds is 7. The van der Waals surface area contributed by atoms with Crippen LogP contribution in [-0.2, 0) is 4.79 Å². The van der Waals surface area contributed by atoms with Crippen LogP contribution < -0.4 is 5.32 Å². The zero-order chi connectivity index (χ0) is 15.9. The second-order valence-corrected chi connectivity index (χ2v) is 5.69. The van der Waals surface area contributed by atoms with Gasteiger partial charge in [0.2, 0.25) is 0 Å². The average Bonchev–Trinajstić information content (AvgIpc) is 2.97. The second-order valence-electron chi connectivity index (χ2n) is 4.59. The summed E-state index contributed by atoms with van der Waals surface area (Å²) >= 11 is 1.25. The molecule has 2 rings (SSSR count). The molecule has 1 heterocycles. The number of carboxylic acid groups (broad SMARTS) is 1. The van der Waals surface area contributed by atoms with Crippen molar-refractivity contribution in [2.75, 3.05) is 18.1 Å².